The van der Waals surface area contributed by atoms with E-state index in [1.54, 1.807) is 39.8 Å². The first-order valence-electron chi connectivity index (χ1n) is 10.3. The van der Waals surface area contributed by atoms with E-state index in [0.717, 1.165) is 40.7 Å². The number of hydrogen-bond donors (Lipinski definition) is 0. The minimum absolute atomic E-state index is 0.0617. The van der Waals surface area contributed by atoms with Crippen LogP contribution in [0, 0.1) is 11.6 Å². The molecule has 0 N–H and O–H groups in total. The zero-order chi connectivity index (χ0) is 24.0. The standard InChI is InChI=1S/C24H19F2N5O2S/c1-30-12-19(9-28-30)16-3-4-23-21(11-29-31(23)13-16)17-5-15(14-34(2,32)33)6-18(7-17)24-22(26)8-20(25)10-27-24/h3-13H,14H2,1-2H3. The minimum Gasteiger partial charge on any atom is -0.275 e. The molecule has 172 valence electrons. The number of sulfone groups is 1. The lowest BCUT2D eigenvalue weighted by Crippen LogP contribution is -2.02. The van der Waals surface area contributed by atoms with Gasteiger partial charge in [-0.2, -0.15) is 10.2 Å². The van der Waals surface area contributed by atoms with E-state index in [9.17, 15) is 17.2 Å². The van der Waals surface area contributed by atoms with Gasteiger partial charge in [-0.15, -0.1) is 0 Å². The molecule has 7 nitrogen and oxygen atoms in total. The number of aryl methyl sites for hydroxylation is 1. The molecule has 5 aromatic rings. The third-order valence-corrected chi connectivity index (χ3v) is 6.23. The Bertz CT molecular complexity index is 1660. The normalized spacial score (nSPS) is 11.9. The predicted molar refractivity (Wildman–Crippen MR) is 125 cm³/mol. The van der Waals surface area contributed by atoms with Gasteiger partial charge in [0, 0.05) is 54.0 Å². The van der Waals surface area contributed by atoms with Crippen molar-refractivity contribution in [2.24, 2.45) is 7.05 Å². The second-order valence-corrected chi connectivity index (χ2v) is 10.3. The van der Waals surface area contributed by atoms with Crippen LogP contribution in [0.15, 0.2) is 67.4 Å². The molecule has 0 amide bonds. The SMILES string of the molecule is Cn1cc(-c2ccc3c(-c4cc(CS(C)(=O)=O)cc(-c5ncc(F)cc5F)c4)cnn3c2)cn1. The molecule has 0 aliphatic heterocycles. The summed E-state index contributed by atoms with van der Waals surface area (Å²) in [7, 11) is -1.52. The Morgan fingerprint density at radius 1 is 0.882 bits per heavy atom. The van der Waals surface area contributed by atoms with Crippen LogP contribution in [-0.4, -0.2) is 39.1 Å². The number of pyridine rings is 2. The Morgan fingerprint density at radius 3 is 2.38 bits per heavy atom. The molecule has 0 spiro atoms. The molecular weight excluding hydrogens is 460 g/mol. The summed E-state index contributed by atoms with van der Waals surface area (Å²) in [5.74, 6) is -1.86. The van der Waals surface area contributed by atoms with Crippen LogP contribution in [0.1, 0.15) is 5.56 Å². The molecule has 0 aliphatic rings. The van der Waals surface area contributed by atoms with Crippen LogP contribution in [-0.2, 0) is 22.6 Å². The van der Waals surface area contributed by atoms with Gasteiger partial charge in [0.15, 0.2) is 15.7 Å². The van der Waals surface area contributed by atoms with Gasteiger partial charge in [0.2, 0.25) is 0 Å². The molecule has 10 heteroatoms. The second-order valence-electron chi connectivity index (χ2n) is 8.18. The third kappa shape index (κ3) is 4.32. The molecule has 0 saturated heterocycles. The van der Waals surface area contributed by atoms with E-state index in [2.05, 4.69) is 15.2 Å². The van der Waals surface area contributed by atoms with Gasteiger partial charge in [0.25, 0.3) is 0 Å². The monoisotopic (exact) mass is 479 g/mol. The van der Waals surface area contributed by atoms with Crippen LogP contribution >= 0.6 is 0 Å². The highest BCUT2D eigenvalue weighted by Gasteiger charge is 2.16. The van der Waals surface area contributed by atoms with Crippen LogP contribution in [0.5, 0.6) is 0 Å². The van der Waals surface area contributed by atoms with Gasteiger partial charge in [0.05, 0.1) is 29.9 Å². The summed E-state index contributed by atoms with van der Waals surface area (Å²) < 4.78 is 55.3. The first kappa shape index (κ1) is 21.9. The molecular formula is C24H19F2N5O2S. The van der Waals surface area contributed by atoms with Crippen molar-refractivity contribution in [3.63, 3.8) is 0 Å². The Morgan fingerprint density at radius 2 is 1.68 bits per heavy atom. The van der Waals surface area contributed by atoms with Crippen molar-refractivity contribution in [2.75, 3.05) is 6.26 Å². The molecule has 0 radical (unpaired) electrons. The van der Waals surface area contributed by atoms with E-state index < -0.39 is 21.5 Å². The summed E-state index contributed by atoms with van der Waals surface area (Å²) >= 11 is 0. The quantitative estimate of drug-likeness (QED) is 0.376. The lowest BCUT2D eigenvalue weighted by molar-refractivity contribution is 0.576. The molecule has 1 aromatic carbocycles. The summed E-state index contributed by atoms with van der Waals surface area (Å²) in [6.07, 6.45) is 9.26. The summed E-state index contributed by atoms with van der Waals surface area (Å²) in [4.78, 5) is 3.89. The van der Waals surface area contributed by atoms with Gasteiger partial charge >= 0.3 is 0 Å². The van der Waals surface area contributed by atoms with Crippen LogP contribution < -0.4 is 0 Å². The summed E-state index contributed by atoms with van der Waals surface area (Å²) in [5, 5.41) is 8.65. The molecule has 0 saturated carbocycles. The third-order valence-electron chi connectivity index (χ3n) is 5.37. The molecule has 0 bridgehead atoms. The summed E-state index contributed by atoms with van der Waals surface area (Å²) in [6.45, 7) is 0. The van der Waals surface area contributed by atoms with Crippen LogP contribution in [0.25, 0.3) is 39.0 Å². The number of benzene rings is 1. The molecule has 4 aromatic heterocycles. The van der Waals surface area contributed by atoms with Crippen molar-refractivity contribution in [1.82, 2.24) is 24.4 Å². The van der Waals surface area contributed by atoms with E-state index in [1.165, 1.54) is 0 Å². The minimum atomic E-state index is -3.36. The molecule has 5 rings (SSSR count). The predicted octanol–water partition coefficient (Wildman–Crippen LogP) is 4.29. The molecule has 0 atom stereocenters. The van der Waals surface area contributed by atoms with Crippen LogP contribution in [0.3, 0.4) is 0 Å². The molecule has 34 heavy (non-hydrogen) atoms. The lowest BCUT2D eigenvalue weighted by atomic mass is 9.99. The van der Waals surface area contributed by atoms with E-state index in [0.29, 0.717) is 16.7 Å². The highest BCUT2D eigenvalue weighted by Crippen LogP contribution is 2.32. The average molecular weight is 480 g/mol. The number of fused-ring (bicyclic) bond motifs is 1. The number of rotatable bonds is 5. The van der Waals surface area contributed by atoms with Gasteiger partial charge in [0.1, 0.15) is 11.5 Å². The van der Waals surface area contributed by atoms with Crippen molar-refractivity contribution < 1.29 is 17.2 Å². The van der Waals surface area contributed by atoms with E-state index in [1.807, 2.05) is 31.6 Å². The lowest BCUT2D eigenvalue weighted by Gasteiger charge is -2.10. The zero-order valence-corrected chi connectivity index (χ0v) is 19.1. The van der Waals surface area contributed by atoms with E-state index in [4.69, 9.17) is 0 Å². The fraction of sp³-hybridized carbons (Fsp3) is 0.125. The van der Waals surface area contributed by atoms with Crippen molar-refractivity contribution >= 4 is 15.4 Å². The fourth-order valence-electron chi connectivity index (χ4n) is 3.94. The number of aromatic nitrogens is 5. The first-order valence-corrected chi connectivity index (χ1v) is 12.3. The smallest absolute Gasteiger partial charge is 0.152 e. The highest BCUT2D eigenvalue weighted by atomic mass is 32.2. The summed E-state index contributed by atoms with van der Waals surface area (Å²) in [6, 6.07) is 9.59. The average Bonchev–Trinajstić information content (AvgIpc) is 3.38. The first-order chi connectivity index (χ1) is 16.2. The molecule has 0 aliphatic carbocycles. The van der Waals surface area contributed by atoms with Crippen molar-refractivity contribution in [3.05, 3.63) is 84.6 Å². The second kappa shape index (κ2) is 8.14. The van der Waals surface area contributed by atoms with Gasteiger partial charge in [-0.3, -0.25) is 9.67 Å². The Balaban J connectivity index is 1.65. The number of halogens is 2. The van der Waals surface area contributed by atoms with Crippen molar-refractivity contribution in [2.45, 2.75) is 5.75 Å². The maximum absolute atomic E-state index is 14.5. The van der Waals surface area contributed by atoms with Gasteiger partial charge < -0.3 is 0 Å². The number of hydrogen-bond acceptors (Lipinski definition) is 5. The maximum Gasteiger partial charge on any atom is 0.152 e. The number of nitrogens with zero attached hydrogens (tertiary/aromatic N) is 5. The Kier molecular flexibility index (Phi) is 5.24. The van der Waals surface area contributed by atoms with Crippen LogP contribution in [0.4, 0.5) is 8.78 Å². The van der Waals surface area contributed by atoms with Crippen molar-refractivity contribution in [3.8, 4) is 33.5 Å². The summed E-state index contributed by atoms with van der Waals surface area (Å²) in [5.41, 5.74) is 4.78. The zero-order valence-electron chi connectivity index (χ0n) is 18.3. The fourth-order valence-corrected chi connectivity index (χ4v) is 4.72. The van der Waals surface area contributed by atoms with Gasteiger partial charge in [-0.05, 0) is 35.4 Å². The largest absolute Gasteiger partial charge is 0.275 e. The van der Waals surface area contributed by atoms with Gasteiger partial charge in [-0.1, -0.05) is 6.07 Å². The molecule has 0 fully saturated rings. The van der Waals surface area contributed by atoms with E-state index in [-0.39, 0.29) is 11.4 Å². The van der Waals surface area contributed by atoms with Crippen LogP contribution in [0.2, 0.25) is 0 Å². The molecule has 4 heterocycles. The maximum atomic E-state index is 14.5. The Hall–Kier alpha value is -3.92. The van der Waals surface area contributed by atoms with Crippen molar-refractivity contribution in [1.29, 1.82) is 0 Å². The molecule has 0 unspecified atom stereocenters. The van der Waals surface area contributed by atoms with E-state index >= 15 is 0 Å². The highest BCUT2D eigenvalue weighted by molar-refractivity contribution is 7.89. The Labute approximate surface area is 194 Å². The topological polar surface area (TPSA) is 82.1 Å². The van der Waals surface area contributed by atoms with Gasteiger partial charge in [-0.25, -0.2) is 21.7 Å².